The highest BCUT2D eigenvalue weighted by Gasteiger charge is 2.17. The molecule has 0 saturated carbocycles. The summed E-state index contributed by atoms with van der Waals surface area (Å²) in [5, 5.41) is 22.3. The summed E-state index contributed by atoms with van der Waals surface area (Å²) >= 11 is 0. The highest BCUT2D eigenvalue weighted by Crippen LogP contribution is 2.30. The first-order valence-electron chi connectivity index (χ1n) is 8.64. The SMILES string of the molecule is Cc1cc(O)c2c(C)c(CC(=O)Nc3ccc(CCO)cc3)c(=O)oc2c1. The molecule has 0 aliphatic rings. The maximum absolute atomic E-state index is 12.4. The molecule has 27 heavy (non-hydrogen) atoms. The van der Waals surface area contributed by atoms with Crippen molar-refractivity contribution in [3.63, 3.8) is 0 Å². The second-order valence-corrected chi connectivity index (χ2v) is 6.55. The van der Waals surface area contributed by atoms with Gasteiger partial charge in [-0.15, -0.1) is 0 Å². The molecule has 140 valence electrons. The molecule has 2 aromatic carbocycles. The van der Waals surface area contributed by atoms with Crippen LogP contribution in [0.25, 0.3) is 11.0 Å². The van der Waals surface area contributed by atoms with E-state index in [1.807, 2.05) is 12.1 Å². The number of fused-ring (bicyclic) bond motifs is 1. The van der Waals surface area contributed by atoms with Gasteiger partial charge in [0.2, 0.25) is 5.91 Å². The summed E-state index contributed by atoms with van der Waals surface area (Å²) in [6.07, 6.45) is 0.393. The van der Waals surface area contributed by atoms with Gasteiger partial charge in [-0.25, -0.2) is 4.79 Å². The molecule has 0 aliphatic heterocycles. The van der Waals surface area contributed by atoms with Gasteiger partial charge < -0.3 is 19.9 Å². The van der Waals surface area contributed by atoms with Crippen LogP contribution in [0.3, 0.4) is 0 Å². The van der Waals surface area contributed by atoms with Crippen molar-refractivity contribution in [1.82, 2.24) is 0 Å². The Morgan fingerprint density at radius 2 is 1.85 bits per heavy atom. The predicted octanol–water partition coefficient (Wildman–Crippen LogP) is 2.83. The highest BCUT2D eigenvalue weighted by atomic mass is 16.4. The number of aliphatic hydroxyl groups excluding tert-OH is 1. The van der Waals surface area contributed by atoms with Crippen molar-refractivity contribution >= 4 is 22.6 Å². The first-order valence-corrected chi connectivity index (χ1v) is 8.64. The Morgan fingerprint density at radius 3 is 2.52 bits per heavy atom. The second kappa shape index (κ2) is 7.63. The predicted molar refractivity (Wildman–Crippen MR) is 103 cm³/mol. The maximum atomic E-state index is 12.4. The molecule has 1 heterocycles. The number of phenols is 1. The van der Waals surface area contributed by atoms with Crippen molar-refractivity contribution in [2.45, 2.75) is 26.7 Å². The minimum atomic E-state index is -0.585. The minimum Gasteiger partial charge on any atom is -0.507 e. The van der Waals surface area contributed by atoms with E-state index < -0.39 is 5.63 Å². The lowest BCUT2D eigenvalue weighted by atomic mass is 10.0. The van der Waals surface area contributed by atoms with Gasteiger partial charge in [-0.1, -0.05) is 12.1 Å². The van der Waals surface area contributed by atoms with E-state index >= 15 is 0 Å². The van der Waals surface area contributed by atoms with Gasteiger partial charge in [0.1, 0.15) is 11.3 Å². The van der Waals surface area contributed by atoms with Gasteiger partial charge >= 0.3 is 5.63 Å². The van der Waals surface area contributed by atoms with E-state index in [-0.39, 0.29) is 30.2 Å². The number of amides is 1. The van der Waals surface area contributed by atoms with Crippen LogP contribution in [-0.2, 0) is 17.6 Å². The second-order valence-electron chi connectivity index (χ2n) is 6.55. The van der Waals surface area contributed by atoms with Crippen LogP contribution in [0, 0.1) is 13.8 Å². The lowest BCUT2D eigenvalue weighted by molar-refractivity contribution is -0.115. The van der Waals surface area contributed by atoms with Crippen molar-refractivity contribution in [3.8, 4) is 5.75 Å². The summed E-state index contributed by atoms with van der Waals surface area (Å²) in [7, 11) is 0. The Morgan fingerprint density at radius 1 is 1.15 bits per heavy atom. The Bertz CT molecular complexity index is 1050. The molecule has 0 fully saturated rings. The molecule has 0 spiro atoms. The van der Waals surface area contributed by atoms with E-state index in [0.717, 1.165) is 11.1 Å². The number of hydrogen-bond acceptors (Lipinski definition) is 5. The van der Waals surface area contributed by atoms with Crippen molar-refractivity contribution in [2.75, 3.05) is 11.9 Å². The molecule has 6 heteroatoms. The number of benzene rings is 2. The van der Waals surface area contributed by atoms with Crippen LogP contribution in [0.2, 0.25) is 0 Å². The van der Waals surface area contributed by atoms with E-state index in [9.17, 15) is 14.7 Å². The lowest BCUT2D eigenvalue weighted by Gasteiger charge is -2.10. The smallest absolute Gasteiger partial charge is 0.340 e. The zero-order chi connectivity index (χ0) is 19.6. The summed E-state index contributed by atoms with van der Waals surface area (Å²) in [6, 6.07) is 10.4. The van der Waals surface area contributed by atoms with Gasteiger partial charge in [0.15, 0.2) is 0 Å². The minimum absolute atomic E-state index is 0.0207. The topological polar surface area (TPSA) is 99.8 Å². The molecule has 0 aliphatic carbocycles. The number of hydrogen-bond donors (Lipinski definition) is 3. The molecule has 1 aromatic heterocycles. The Labute approximate surface area is 156 Å². The number of rotatable bonds is 5. The molecule has 0 bridgehead atoms. The number of carbonyl (C=O) groups excluding carboxylic acids is 1. The van der Waals surface area contributed by atoms with E-state index in [4.69, 9.17) is 9.52 Å². The van der Waals surface area contributed by atoms with Crippen LogP contribution in [0.5, 0.6) is 5.75 Å². The molecular weight excluding hydrogens is 346 g/mol. The molecular formula is C21H21NO5. The van der Waals surface area contributed by atoms with E-state index in [2.05, 4.69) is 5.32 Å². The highest BCUT2D eigenvalue weighted by molar-refractivity contribution is 5.94. The van der Waals surface area contributed by atoms with Crippen LogP contribution in [-0.4, -0.2) is 22.7 Å². The third kappa shape index (κ3) is 4.01. The maximum Gasteiger partial charge on any atom is 0.340 e. The van der Waals surface area contributed by atoms with Gasteiger partial charge in [0, 0.05) is 12.3 Å². The number of anilines is 1. The molecule has 6 nitrogen and oxygen atoms in total. The molecule has 0 unspecified atom stereocenters. The summed E-state index contributed by atoms with van der Waals surface area (Å²) in [5.74, 6) is -0.335. The summed E-state index contributed by atoms with van der Waals surface area (Å²) in [6.45, 7) is 3.55. The summed E-state index contributed by atoms with van der Waals surface area (Å²) in [4.78, 5) is 24.7. The van der Waals surface area contributed by atoms with Crippen LogP contribution < -0.4 is 10.9 Å². The van der Waals surface area contributed by atoms with Crippen molar-refractivity contribution in [1.29, 1.82) is 0 Å². The van der Waals surface area contributed by atoms with Crippen LogP contribution in [0.4, 0.5) is 5.69 Å². The lowest BCUT2D eigenvalue weighted by Crippen LogP contribution is -2.20. The van der Waals surface area contributed by atoms with Crippen molar-refractivity contribution in [3.05, 3.63) is 69.1 Å². The van der Waals surface area contributed by atoms with Crippen molar-refractivity contribution < 1.29 is 19.4 Å². The first kappa shape index (κ1) is 18.7. The van der Waals surface area contributed by atoms with Crippen molar-refractivity contribution in [2.24, 2.45) is 0 Å². The molecule has 3 rings (SSSR count). The fraction of sp³-hybridized carbons (Fsp3) is 0.238. The zero-order valence-corrected chi connectivity index (χ0v) is 15.2. The van der Waals surface area contributed by atoms with E-state index in [1.165, 1.54) is 0 Å². The van der Waals surface area contributed by atoms with Gasteiger partial charge in [0.25, 0.3) is 0 Å². The van der Waals surface area contributed by atoms with Crippen LogP contribution in [0.1, 0.15) is 22.3 Å². The Balaban J connectivity index is 1.85. The first-order chi connectivity index (χ1) is 12.9. The average molecular weight is 367 g/mol. The number of aliphatic hydroxyl groups is 1. The zero-order valence-electron chi connectivity index (χ0n) is 15.2. The fourth-order valence-electron chi connectivity index (χ4n) is 3.11. The van der Waals surface area contributed by atoms with E-state index in [1.54, 1.807) is 38.1 Å². The quantitative estimate of drug-likeness (QED) is 0.602. The van der Waals surface area contributed by atoms with Gasteiger partial charge in [-0.3, -0.25) is 4.79 Å². The van der Waals surface area contributed by atoms with Gasteiger partial charge in [-0.05, 0) is 61.2 Å². The number of carbonyl (C=O) groups is 1. The molecule has 3 aromatic rings. The van der Waals surface area contributed by atoms with E-state index in [0.29, 0.717) is 28.6 Å². The molecule has 0 saturated heterocycles. The van der Waals surface area contributed by atoms with Gasteiger partial charge in [0.05, 0.1) is 17.4 Å². The summed E-state index contributed by atoms with van der Waals surface area (Å²) < 4.78 is 5.31. The normalized spacial score (nSPS) is 10.9. The van der Waals surface area contributed by atoms with Crippen LogP contribution in [0.15, 0.2) is 45.6 Å². The summed E-state index contributed by atoms with van der Waals surface area (Å²) in [5.41, 5.74) is 2.81. The third-order valence-corrected chi connectivity index (χ3v) is 4.48. The standard InChI is InChI=1S/C21H21NO5/c1-12-9-17(24)20-13(2)16(21(26)27-18(20)10-12)11-19(25)22-15-5-3-14(4-6-15)7-8-23/h3-6,9-10,23-24H,7-8,11H2,1-2H3,(H,22,25). The Hall–Kier alpha value is -3.12. The Kier molecular flexibility index (Phi) is 5.28. The number of nitrogens with one attached hydrogen (secondary N) is 1. The average Bonchev–Trinajstić information content (AvgIpc) is 2.59. The third-order valence-electron chi connectivity index (χ3n) is 4.48. The monoisotopic (exact) mass is 367 g/mol. The molecule has 0 radical (unpaired) electrons. The molecule has 1 amide bonds. The number of aryl methyl sites for hydroxylation is 2. The molecule has 3 N–H and O–H groups in total. The fourth-order valence-corrected chi connectivity index (χ4v) is 3.11. The largest absolute Gasteiger partial charge is 0.507 e. The van der Waals surface area contributed by atoms with Crippen LogP contribution >= 0.6 is 0 Å². The number of aromatic hydroxyl groups is 1. The number of phenolic OH excluding ortho intramolecular Hbond substituents is 1. The van der Waals surface area contributed by atoms with Gasteiger partial charge in [-0.2, -0.15) is 0 Å². The molecule has 0 atom stereocenters.